The van der Waals surface area contributed by atoms with Crippen LogP contribution in [0.25, 0.3) is 0 Å². The number of aromatic nitrogens is 2. The molecule has 112 valence electrons. The predicted molar refractivity (Wildman–Crippen MR) is 80.1 cm³/mol. The summed E-state index contributed by atoms with van der Waals surface area (Å²) < 4.78 is 12.3. The van der Waals surface area contributed by atoms with E-state index in [9.17, 15) is 4.79 Å². The van der Waals surface area contributed by atoms with Crippen LogP contribution in [0.15, 0.2) is 15.5 Å². The highest BCUT2D eigenvalue weighted by molar-refractivity contribution is 9.10. The summed E-state index contributed by atoms with van der Waals surface area (Å²) in [5, 5.41) is 7.34. The number of anilines is 1. The summed E-state index contributed by atoms with van der Waals surface area (Å²) in [5.41, 5.74) is 0.625. The number of hydrogen-bond acceptors (Lipinski definition) is 5. The maximum absolute atomic E-state index is 12.1. The van der Waals surface area contributed by atoms with E-state index in [1.54, 1.807) is 13.3 Å². The van der Waals surface area contributed by atoms with E-state index in [0.717, 1.165) is 6.54 Å². The summed E-state index contributed by atoms with van der Waals surface area (Å²) in [6.07, 6.45) is 4.08. The van der Waals surface area contributed by atoms with E-state index in [-0.39, 0.29) is 5.56 Å². The highest BCUT2D eigenvalue weighted by Gasteiger charge is 2.23. The lowest BCUT2D eigenvalue weighted by molar-refractivity contribution is 0.0759. The fourth-order valence-electron chi connectivity index (χ4n) is 1.77. The summed E-state index contributed by atoms with van der Waals surface area (Å²) in [5.74, 6) is 0.625. The number of ether oxygens (including phenoxy) is 2. The Balaban J connectivity index is 1.82. The lowest BCUT2D eigenvalue weighted by Gasteiger charge is -2.10. The van der Waals surface area contributed by atoms with Crippen molar-refractivity contribution in [2.75, 3.05) is 38.8 Å². The molecule has 20 heavy (non-hydrogen) atoms. The highest BCUT2D eigenvalue weighted by Crippen LogP contribution is 2.30. The molecule has 6 nitrogen and oxygen atoms in total. The first-order valence-corrected chi connectivity index (χ1v) is 7.58. The second-order valence-electron chi connectivity index (χ2n) is 4.83. The maximum atomic E-state index is 12.1. The van der Waals surface area contributed by atoms with Crippen LogP contribution in [0.5, 0.6) is 0 Å². The number of methoxy groups -OCH3 is 1. The summed E-state index contributed by atoms with van der Waals surface area (Å²) in [4.78, 5) is 12.1. The van der Waals surface area contributed by atoms with Crippen LogP contribution in [0.1, 0.15) is 12.8 Å². The smallest absolute Gasteiger partial charge is 0.283 e. The van der Waals surface area contributed by atoms with Crippen molar-refractivity contribution >= 4 is 21.6 Å². The lowest BCUT2D eigenvalue weighted by Crippen LogP contribution is -2.25. The van der Waals surface area contributed by atoms with Gasteiger partial charge in [-0.1, -0.05) is 0 Å². The predicted octanol–water partition coefficient (Wildman–Crippen LogP) is 1.49. The van der Waals surface area contributed by atoms with Gasteiger partial charge >= 0.3 is 0 Å². The molecule has 7 heteroatoms. The van der Waals surface area contributed by atoms with Gasteiger partial charge in [-0.2, -0.15) is 5.10 Å². The second kappa shape index (κ2) is 7.75. The van der Waals surface area contributed by atoms with Gasteiger partial charge in [0.05, 0.1) is 31.7 Å². The zero-order valence-corrected chi connectivity index (χ0v) is 13.2. The molecule has 1 aliphatic carbocycles. The van der Waals surface area contributed by atoms with E-state index in [4.69, 9.17) is 9.47 Å². The van der Waals surface area contributed by atoms with Gasteiger partial charge in [0, 0.05) is 20.2 Å². The number of nitrogens with one attached hydrogen (secondary N) is 1. The molecule has 2 rings (SSSR count). The Morgan fingerprint density at radius 1 is 1.45 bits per heavy atom. The van der Waals surface area contributed by atoms with Crippen molar-refractivity contribution in [3.8, 4) is 0 Å². The van der Waals surface area contributed by atoms with Crippen LogP contribution < -0.4 is 10.9 Å². The summed E-state index contributed by atoms with van der Waals surface area (Å²) in [7, 11) is 1.64. The monoisotopic (exact) mass is 345 g/mol. The fraction of sp³-hybridized carbons (Fsp3) is 0.692. The number of halogens is 1. The maximum Gasteiger partial charge on any atom is 0.283 e. The van der Waals surface area contributed by atoms with Gasteiger partial charge in [0.25, 0.3) is 5.56 Å². The second-order valence-corrected chi connectivity index (χ2v) is 5.63. The summed E-state index contributed by atoms with van der Waals surface area (Å²) in [6, 6.07) is 0. The summed E-state index contributed by atoms with van der Waals surface area (Å²) >= 11 is 3.34. The van der Waals surface area contributed by atoms with Gasteiger partial charge in [-0.15, -0.1) is 0 Å². The lowest BCUT2D eigenvalue weighted by atomic mass is 10.4. The quantitative estimate of drug-likeness (QED) is 0.687. The van der Waals surface area contributed by atoms with Gasteiger partial charge in [-0.3, -0.25) is 4.79 Å². The summed E-state index contributed by atoms with van der Waals surface area (Å²) in [6.45, 7) is 3.05. The van der Waals surface area contributed by atoms with Gasteiger partial charge in [-0.05, 0) is 34.7 Å². The Bertz CT molecular complexity index is 488. The van der Waals surface area contributed by atoms with Gasteiger partial charge in [0.1, 0.15) is 4.47 Å². The molecule has 0 radical (unpaired) electrons. The van der Waals surface area contributed by atoms with Gasteiger partial charge in [-0.25, -0.2) is 4.68 Å². The standard InChI is InChI=1S/C13H20BrN3O3/c1-19-6-7-20-5-4-15-11-8-16-17(9-10-2-3-10)13(18)12(11)14/h8,10,15H,2-7,9H2,1H3. The van der Waals surface area contributed by atoms with Crippen molar-refractivity contribution in [2.24, 2.45) is 5.92 Å². The Kier molecular flexibility index (Phi) is 6.00. The first-order chi connectivity index (χ1) is 9.72. The minimum Gasteiger partial charge on any atom is -0.382 e. The average Bonchev–Trinajstić information content (AvgIpc) is 3.25. The van der Waals surface area contributed by atoms with Crippen LogP contribution in [0.4, 0.5) is 5.69 Å². The van der Waals surface area contributed by atoms with Crippen molar-refractivity contribution in [2.45, 2.75) is 19.4 Å². The van der Waals surface area contributed by atoms with Gasteiger partial charge in [0.2, 0.25) is 0 Å². The molecule has 1 N–H and O–H groups in total. The molecule has 0 spiro atoms. The molecular formula is C13H20BrN3O3. The molecule has 0 bridgehead atoms. The Hall–Kier alpha value is -0.920. The minimum absolute atomic E-state index is 0.0813. The first-order valence-electron chi connectivity index (χ1n) is 6.78. The molecule has 1 heterocycles. The van der Waals surface area contributed by atoms with E-state index in [1.807, 2.05) is 0 Å². The zero-order valence-electron chi connectivity index (χ0n) is 11.6. The number of rotatable bonds is 9. The van der Waals surface area contributed by atoms with E-state index >= 15 is 0 Å². The molecule has 1 aromatic heterocycles. The number of hydrogen-bond donors (Lipinski definition) is 1. The van der Waals surface area contributed by atoms with E-state index in [2.05, 4.69) is 26.3 Å². The van der Waals surface area contributed by atoms with Crippen LogP contribution in [-0.2, 0) is 16.0 Å². The van der Waals surface area contributed by atoms with Gasteiger partial charge < -0.3 is 14.8 Å². The van der Waals surface area contributed by atoms with E-state index in [1.165, 1.54) is 17.5 Å². The minimum atomic E-state index is -0.0813. The highest BCUT2D eigenvalue weighted by atomic mass is 79.9. The van der Waals surface area contributed by atoms with Crippen molar-refractivity contribution in [3.63, 3.8) is 0 Å². The SMILES string of the molecule is COCCOCCNc1cnn(CC2CC2)c(=O)c1Br. The third-order valence-electron chi connectivity index (χ3n) is 3.11. The fourth-order valence-corrected chi connectivity index (χ4v) is 2.21. The topological polar surface area (TPSA) is 65.4 Å². The van der Waals surface area contributed by atoms with Crippen LogP contribution in [0.2, 0.25) is 0 Å². The molecular weight excluding hydrogens is 326 g/mol. The molecule has 0 aromatic carbocycles. The van der Waals surface area contributed by atoms with Crippen LogP contribution >= 0.6 is 15.9 Å². The Morgan fingerprint density at radius 3 is 2.95 bits per heavy atom. The molecule has 1 saturated carbocycles. The third-order valence-corrected chi connectivity index (χ3v) is 3.87. The van der Waals surface area contributed by atoms with Crippen molar-refractivity contribution in [1.82, 2.24) is 9.78 Å². The normalized spacial score (nSPS) is 14.5. The average molecular weight is 346 g/mol. The molecule has 0 atom stereocenters. The van der Waals surface area contributed by atoms with Crippen molar-refractivity contribution in [3.05, 3.63) is 21.0 Å². The molecule has 0 saturated heterocycles. The van der Waals surface area contributed by atoms with E-state index < -0.39 is 0 Å². The molecule has 1 aliphatic rings. The Labute approximate surface area is 126 Å². The van der Waals surface area contributed by atoms with Crippen molar-refractivity contribution in [1.29, 1.82) is 0 Å². The molecule has 1 aromatic rings. The third kappa shape index (κ3) is 4.57. The largest absolute Gasteiger partial charge is 0.382 e. The van der Waals surface area contributed by atoms with Crippen LogP contribution in [0, 0.1) is 5.92 Å². The number of nitrogens with zero attached hydrogens (tertiary/aromatic N) is 2. The van der Waals surface area contributed by atoms with Crippen LogP contribution in [-0.4, -0.2) is 43.3 Å². The van der Waals surface area contributed by atoms with E-state index in [0.29, 0.717) is 42.4 Å². The Morgan fingerprint density at radius 2 is 2.25 bits per heavy atom. The molecule has 0 amide bonds. The van der Waals surface area contributed by atoms with Crippen molar-refractivity contribution < 1.29 is 9.47 Å². The molecule has 0 aliphatic heterocycles. The molecule has 0 unspecified atom stereocenters. The first kappa shape index (κ1) is 15.5. The van der Waals surface area contributed by atoms with Gasteiger partial charge in [0.15, 0.2) is 0 Å². The van der Waals surface area contributed by atoms with Crippen LogP contribution in [0.3, 0.4) is 0 Å². The molecule has 1 fully saturated rings. The zero-order chi connectivity index (χ0) is 14.4.